The molecule has 2 aromatic carbocycles. The van der Waals surface area contributed by atoms with Crippen LogP contribution in [0.1, 0.15) is 38.2 Å². The molecule has 0 spiro atoms. The second kappa shape index (κ2) is 10.1. The van der Waals surface area contributed by atoms with Crippen LogP contribution in [0.2, 0.25) is 5.02 Å². The molecule has 5 nitrogen and oxygen atoms in total. The van der Waals surface area contributed by atoms with E-state index in [0.29, 0.717) is 17.4 Å². The molecule has 2 aliphatic rings. The number of ether oxygens (including phenoxy) is 3. The molecule has 1 N–H and O–H groups in total. The first kappa shape index (κ1) is 22.3. The molecule has 2 aromatic rings. The van der Waals surface area contributed by atoms with Crippen molar-refractivity contribution in [2.24, 2.45) is 0 Å². The van der Waals surface area contributed by atoms with Crippen LogP contribution < -0.4 is 19.7 Å². The standard InChI is InChI=1S/C25H33ClN2O3/c1-3-25(18-27-13-14-28(25)19-11-12-22(26)24(16-19)29-2)21-9-4-5-10-23(21)31-17-20-8-6-7-15-30-20/h4-5,9-12,16,20,27H,3,6-8,13-15,17-18H2,1-2H3. The molecule has 0 aliphatic carbocycles. The number of methoxy groups -OCH3 is 1. The number of hydrogen-bond donors (Lipinski definition) is 1. The Morgan fingerprint density at radius 3 is 2.84 bits per heavy atom. The normalized spacial score (nSPS) is 24.1. The van der Waals surface area contributed by atoms with Gasteiger partial charge in [0.25, 0.3) is 0 Å². The van der Waals surface area contributed by atoms with Gasteiger partial charge in [0.2, 0.25) is 0 Å². The van der Waals surface area contributed by atoms with Crippen LogP contribution in [0.5, 0.6) is 11.5 Å². The van der Waals surface area contributed by atoms with E-state index in [0.717, 1.165) is 56.9 Å². The molecule has 0 bridgehead atoms. The van der Waals surface area contributed by atoms with Gasteiger partial charge in [-0.2, -0.15) is 0 Å². The maximum absolute atomic E-state index is 6.38. The molecule has 2 fully saturated rings. The van der Waals surface area contributed by atoms with Gasteiger partial charge >= 0.3 is 0 Å². The summed E-state index contributed by atoms with van der Waals surface area (Å²) >= 11 is 6.31. The van der Waals surface area contributed by atoms with Crippen molar-refractivity contribution in [3.8, 4) is 11.5 Å². The number of benzene rings is 2. The Morgan fingerprint density at radius 2 is 2.06 bits per heavy atom. The molecular weight excluding hydrogens is 412 g/mol. The number of hydrogen-bond acceptors (Lipinski definition) is 5. The van der Waals surface area contributed by atoms with Gasteiger partial charge in [-0.25, -0.2) is 0 Å². The van der Waals surface area contributed by atoms with Crippen LogP contribution >= 0.6 is 11.6 Å². The van der Waals surface area contributed by atoms with Crippen LogP contribution in [-0.2, 0) is 10.3 Å². The van der Waals surface area contributed by atoms with E-state index in [-0.39, 0.29) is 11.6 Å². The summed E-state index contributed by atoms with van der Waals surface area (Å²) in [5, 5.41) is 4.24. The molecule has 2 saturated heterocycles. The number of halogens is 1. The van der Waals surface area contributed by atoms with Gasteiger partial charge in [-0.05, 0) is 43.9 Å². The third-order valence-electron chi connectivity index (χ3n) is 6.56. The summed E-state index contributed by atoms with van der Waals surface area (Å²) in [6.45, 7) is 6.33. The average molecular weight is 445 g/mol. The Balaban J connectivity index is 1.67. The molecule has 0 amide bonds. The number of piperazine rings is 1. The highest BCUT2D eigenvalue weighted by Gasteiger charge is 2.41. The number of rotatable bonds is 7. The Kier molecular flexibility index (Phi) is 7.26. The van der Waals surface area contributed by atoms with Gasteiger partial charge in [0.15, 0.2) is 0 Å². The van der Waals surface area contributed by atoms with Gasteiger partial charge in [0.05, 0.1) is 23.8 Å². The first-order valence-electron chi connectivity index (χ1n) is 11.3. The number of nitrogens with zero attached hydrogens (tertiary/aromatic N) is 1. The maximum atomic E-state index is 6.38. The second-order valence-electron chi connectivity index (χ2n) is 8.33. The smallest absolute Gasteiger partial charge is 0.139 e. The molecule has 2 heterocycles. The quantitative estimate of drug-likeness (QED) is 0.650. The number of nitrogens with one attached hydrogen (secondary N) is 1. The van der Waals surface area contributed by atoms with E-state index in [1.807, 2.05) is 12.1 Å². The van der Waals surface area contributed by atoms with E-state index in [9.17, 15) is 0 Å². The molecule has 0 aromatic heterocycles. The van der Waals surface area contributed by atoms with Crippen molar-refractivity contribution in [3.05, 3.63) is 53.1 Å². The summed E-state index contributed by atoms with van der Waals surface area (Å²) in [5.41, 5.74) is 2.07. The lowest BCUT2D eigenvalue weighted by molar-refractivity contribution is -0.0114. The largest absolute Gasteiger partial charge is 0.495 e. The van der Waals surface area contributed by atoms with E-state index in [1.54, 1.807) is 7.11 Å². The van der Waals surface area contributed by atoms with Crippen molar-refractivity contribution in [2.45, 2.75) is 44.2 Å². The second-order valence-corrected chi connectivity index (χ2v) is 8.74. The molecule has 0 radical (unpaired) electrons. The lowest BCUT2D eigenvalue weighted by Gasteiger charge is -2.49. The highest BCUT2D eigenvalue weighted by atomic mass is 35.5. The summed E-state index contributed by atoms with van der Waals surface area (Å²) in [6, 6.07) is 14.5. The van der Waals surface area contributed by atoms with Crippen LogP contribution in [0.25, 0.3) is 0 Å². The summed E-state index contributed by atoms with van der Waals surface area (Å²) < 4.78 is 17.8. The molecule has 2 unspecified atom stereocenters. The topological polar surface area (TPSA) is 43.0 Å². The van der Waals surface area contributed by atoms with Crippen LogP contribution in [0.3, 0.4) is 0 Å². The Labute approximate surface area is 190 Å². The fraction of sp³-hybridized carbons (Fsp3) is 0.520. The Morgan fingerprint density at radius 1 is 1.19 bits per heavy atom. The number of para-hydroxylation sites is 1. The molecule has 2 atom stereocenters. The predicted molar refractivity (Wildman–Crippen MR) is 126 cm³/mol. The van der Waals surface area contributed by atoms with Gasteiger partial charge in [-0.1, -0.05) is 36.7 Å². The van der Waals surface area contributed by atoms with Gasteiger partial charge in [-0.15, -0.1) is 0 Å². The minimum atomic E-state index is -0.235. The van der Waals surface area contributed by atoms with E-state index >= 15 is 0 Å². The van der Waals surface area contributed by atoms with Crippen molar-refractivity contribution < 1.29 is 14.2 Å². The lowest BCUT2D eigenvalue weighted by Crippen LogP contribution is -2.59. The zero-order valence-corrected chi connectivity index (χ0v) is 19.3. The zero-order valence-electron chi connectivity index (χ0n) is 18.5. The van der Waals surface area contributed by atoms with Gasteiger partial charge in [0.1, 0.15) is 18.1 Å². The van der Waals surface area contributed by atoms with E-state index in [4.69, 9.17) is 25.8 Å². The molecular formula is C25H33ClN2O3. The van der Waals surface area contributed by atoms with Crippen molar-refractivity contribution in [1.29, 1.82) is 0 Å². The van der Waals surface area contributed by atoms with E-state index in [2.05, 4.69) is 47.5 Å². The van der Waals surface area contributed by atoms with Gasteiger partial charge in [0, 0.05) is 43.6 Å². The van der Waals surface area contributed by atoms with Crippen molar-refractivity contribution in [3.63, 3.8) is 0 Å². The fourth-order valence-corrected chi connectivity index (χ4v) is 5.03. The first-order valence-corrected chi connectivity index (χ1v) is 11.7. The summed E-state index contributed by atoms with van der Waals surface area (Å²) in [6.07, 6.45) is 4.55. The first-order chi connectivity index (χ1) is 15.2. The molecule has 2 aliphatic heterocycles. The Hall–Kier alpha value is -1.95. The summed E-state index contributed by atoms with van der Waals surface area (Å²) in [4.78, 5) is 2.47. The monoisotopic (exact) mass is 444 g/mol. The Bertz CT molecular complexity index is 872. The van der Waals surface area contributed by atoms with Crippen LogP contribution in [-0.4, -0.2) is 46.1 Å². The van der Waals surface area contributed by atoms with Gasteiger partial charge in [-0.3, -0.25) is 0 Å². The fourth-order valence-electron chi connectivity index (χ4n) is 4.83. The van der Waals surface area contributed by atoms with Crippen molar-refractivity contribution in [2.75, 3.05) is 44.9 Å². The highest BCUT2D eigenvalue weighted by molar-refractivity contribution is 6.32. The summed E-state index contributed by atoms with van der Waals surface area (Å²) in [5.74, 6) is 1.63. The van der Waals surface area contributed by atoms with Crippen molar-refractivity contribution in [1.82, 2.24) is 5.32 Å². The minimum absolute atomic E-state index is 0.181. The number of anilines is 1. The summed E-state index contributed by atoms with van der Waals surface area (Å²) in [7, 11) is 1.66. The molecule has 6 heteroatoms. The average Bonchev–Trinajstić information content (AvgIpc) is 2.84. The van der Waals surface area contributed by atoms with E-state index in [1.165, 1.54) is 12.0 Å². The van der Waals surface area contributed by atoms with E-state index < -0.39 is 0 Å². The van der Waals surface area contributed by atoms with Gasteiger partial charge < -0.3 is 24.4 Å². The van der Waals surface area contributed by atoms with Crippen LogP contribution in [0.4, 0.5) is 5.69 Å². The minimum Gasteiger partial charge on any atom is -0.495 e. The van der Waals surface area contributed by atoms with Crippen LogP contribution in [0, 0.1) is 0 Å². The molecule has 168 valence electrons. The molecule has 4 rings (SSSR count). The SMILES string of the molecule is CCC1(c2ccccc2OCC2CCCCO2)CNCCN1c1ccc(Cl)c(OC)c1. The predicted octanol–water partition coefficient (Wildman–Crippen LogP) is 5.01. The lowest BCUT2D eigenvalue weighted by atomic mass is 9.82. The van der Waals surface area contributed by atoms with Crippen LogP contribution in [0.15, 0.2) is 42.5 Å². The zero-order chi connectivity index (χ0) is 21.7. The third kappa shape index (κ3) is 4.64. The third-order valence-corrected chi connectivity index (χ3v) is 6.88. The maximum Gasteiger partial charge on any atom is 0.139 e. The molecule has 0 saturated carbocycles. The highest BCUT2D eigenvalue weighted by Crippen LogP contribution is 2.43. The van der Waals surface area contributed by atoms with Crippen molar-refractivity contribution >= 4 is 17.3 Å². The molecule has 31 heavy (non-hydrogen) atoms.